The third-order valence-electron chi connectivity index (χ3n) is 4.30. The molecule has 0 amide bonds. The molecule has 0 N–H and O–H groups in total. The zero-order chi connectivity index (χ0) is 17.0. The average Bonchev–Trinajstić information content (AvgIpc) is 3.38. The maximum atomic E-state index is 12.9. The Kier molecular flexibility index (Phi) is 5.78. The molecule has 1 aliphatic carbocycles. The molecular formula is C16H24N2O4S. The van der Waals surface area contributed by atoms with E-state index < -0.39 is 16.2 Å². The monoisotopic (exact) mass is 340 g/mol. The summed E-state index contributed by atoms with van der Waals surface area (Å²) in [4.78, 5) is 11.7. The molecule has 1 aromatic rings. The van der Waals surface area contributed by atoms with Crippen molar-refractivity contribution in [2.24, 2.45) is 5.92 Å². The van der Waals surface area contributed by atoms with Gasteiger partial charge in [0.25, 0.3) is 10.2 Å². The van der Waals surface area contributed by atoms with Crippen LogP contribution in [0.5, 0.6) is 0 Å². The fourth-order valence-corrected chi connectivity index (χ4v) is 4.02. The Morgan fingerprint density at radius 2 is 1.91 bits per heavy atom. The van der Waals surface area contributed by atoms with E-state index in [4.69, 9.17) is 0 Å². The summed E-state index contributed by atoms with van der Waals surface area (Å²) in [7, 11) is -0.910. The van der Waals surface area contributed by atoms with Crippen LogP contribution in [-0.2, 0) is 26.3 Å². The van der Waals surface area contributed by atoms with Crippen molar-refractivity contribution in [3.05, 3.63) is 35.9 Å². The van der Waals surface area contributed by atoms with Crippen LogP contribution in [0.15, 0.2) is 30.3 Å². The molecule has 7 heteroatoms. The highest BCUT2D eigenvalue weighted by molar-refractivity contribution is 7.86. The van der Waals surface area contributed by atoms with Crippen molar-refractivity contribution in [2.75, 3.05) is 20.7 Å². The third-order valence-corrected chi connectivity index (χ3v) is 6.27. The van der Waals surface area contributed by atoms with Crippen molar-refractivity contribution < 1.29 is 17.9 Å². The molecule has 0 bridgehead atoms. The highest BCUT2D eigenvalue weighted by atomic mass is 32.2. The van der Waals surface area contributed by atoms with E-state index in [1.165, 1.54) is 15.7 Å². The molecule has 6 nitrogen and oxygen atoms in total. The van der Waals surface area contributed by atoms with Gasteiger partial charge in [-0.15, -0.1) is 0 Å². The molecule has 0 aliphatic heterocycles. The maximum Gasteiger partial charge on any atom is 0.321 e. The van der Waals surface area contributed by atoms with Gasteiger partial charge in [0.2, 0.25) is 0 Å². The van der Waals surface area contributed by atoms with Gasteiger partial charge in [0.15, 0.2) is 0 Å². The van der Waals surface area contributed by atoms with E-state index in [0.717, 1.165) is 18.4 Å². The number of methoxy groups -OCH3 is 1. The van der Waals surface area contributed by atoms with E-state index in [0.29, 0.717) is 5.92 Å². The second kappa shape index (κ2) is 7.42. The van der Waals surface area contributed by atoms with Crippen LogP contribution in [-0.4, -0.2) is 49.7 Å². The van der Waals surface area contributed by atoms with Crippen LogP contribution in [0.4, 0.5) is 0 Å². The molecule has 128 valence electrons. The summed E-state index contributed by atoms with van der Waals surface area (Å²) in [5, 5.41) is 0. The highest BCUT2D eigenvalue weighted by Gasteiger charge is 2.38. The molecule has 2 rings (SSSR count). The van der Waals surface area contributed by atoms with Crippen LogP contribution < -0.4 is 0 Å². The van der Waals surface area contributed by atoms with Gasteiger partial charge in [0.1, 0.15) is 6.54 Å². The van der Waals surface area contributed by atoms with Crippen LogP contribution >= 0.6 is 0 Å². The molecule has 1 fully saturated rings. The van der Waals surface area contributed by atoms with Crippen LogP contribution in [0.2, 0.25) is 0 Å². The number of nitrogens with zero attached hydrogens (tertiary/aromatic N) is 2. The zero-order valence-corrected chi connectivity index (χ0v) is 14.6. The van der Waals surface area contributed by atoms with Gasteiger partial charge in [-0.3, -0.25) is 4.79 Å². The first-order chi connectivity index (χ1) is 10.9. The number of benzene rings is 1. The van der Waals surface area contributed by atoms with Gasteiger partial charge in [0, 0.05) is 19.6 Å². The van der Waals surface area contributed by atoms with Crippen molar-refractivity contribution in [3.63, 3.8) is 0 Å². The second-order valence-corrected chi connectivity index (χ2v) is 7.92. The Balaban J connectivity index is 2.21. The summed E-state index contributed by atoms with van der Waals surface area (Å²) in [6, 6.07) is 9.15. The summed E-state index contributed by atoms with van der Waals surface area (Å²) in [6.45, 7) is 1.75. The van der Waals surface area contributed by atoms with E-state index in [-0.39, 0.29) is 19.1 Å². The van der Waals surface area contributed by atoms with Crippen molar-refractivity contribution >= 4 is 16.2 Å². The first-order valence-electron chi connectivity index (χ1n) is 7.70. The minimum atomic E-state index is -3.74. The Labute approximate surface area is 138 Å². The number of hydrogen-bond acceptors (Lipinski definition) is 4. The molecule has 0 aromatic heterocycles. The third kappa shape index (κ3) is 4.53. The Morgan fingerprint density at radius 3 is 2.43 bits per heavy atom. The summed E-state index contributed by atoms with van der Waals surface area (Å²) in [5.74, 6) is -0.163. The zero-order valence-electron chi connectivity index (χ0n) is 13.8. The van der Waals surface area contributed by atoms with Crippen molar-refractivity contribution in [3.8, 4) is 0 Å². The van der Waals surface area contributed by atoms with E-state index in [1.54, 1.807) is 7.05 Å². The molecule has 1 atom stereocenters. The highest BCUT2D eigenvalue weighted by Crippen LogP contribution is 2.36. The quantitative estimate of drug-likeness (QED) is 0.675. The van der Waals surface area contributed by atoms with Crippen LogP contribution in [0.3, 0.4) is 0 Å². The Morgan fingerprint density at radius 1 is 1.30 bits per heavy atom. The predicted octanol–water partition coefficient (Wildman–Crippen LogP) is 1.64. The largest absolute Gasteiger partial charge is 0.468 e. The number of rotatable bonds is 8. The van der Waals surface area contributed by atoms with Gasteiger partial charge in [-0.1, -0.05) is 30.3 Å². The number of ether oxygens (including phenoxy) is 1. The number of esters is 1. The lowest BCUT2D eigenvalue weighted by molar-refractivity contribution is -0.140. The smallest absolute Gasteiger partial charge is 0.321 e. The fraction of sp³-hybridized carbons (Fsp3) is 0.562. The van der Waals surface area contributed by atoms with E-state index in [9.17, 15) is 13.2 Å². The minimum Gasteiger partial charge on any atom is -0.468 e. The van der Waals surface area contributed by atoms with E-state index in [1.807, 2.05) is 37.3 Å². The summed E-state index contributed by atoms with van der Waals surface area (Å²) >= 11 is 0. The lowest BCUT2D eigenvalue weighted by Crippen LogP contribution is -2.47. The number of carbonyl (C=O) groups is 1. The molecule has 0 heterocycles. The molecule has 23 heavy (non-hydrogen) atoms. The normalized spacial score (nSPS) is 16.6. The van der Waals surface area contributed by atoms with E-state index in [2.05, 4.69) is 4.74 Å². The average molecular weight is 340 g/mol. The summed E-state index contributed by atoms with van der Waals surface area (Å²) in [6.07, 6.45) is 2.10. The summed E-state index contributed by atoms with van der Waals surface area (Å²) in [5.41, 5.74) is 0.826. The molecule has 1 aliphatic rings. The first-order valence-corrected chi connectivity index (χ1v) is 9.09. The van der Waals surface area contributed by atoms with Crippen molar-refractivity contribution in [2.45, 2.75) is 32.4 Å². The first kappa shape index (κ1) is 17.9. The van der Waals surface area contributed by atoms with Crippen LogP contribution in [0.25, 0.3) is 0 Å². The lowest BCUT2D eigenvalue weighted by Gasteiger charge is -2.30. The molecule has 0 unspecified atom stereocenters. The van der Waals surface area contributed by atoms with Gasteiger partial charge < -0.3 is 4.74 Å². The SMILES string of the molecule is COC(=O)CN(Cc1ccccc1)S(=O)(=O)N(C)[C@H](C)C1CC1. The summed E-state index contributed by atoms with van der Waals surface area (Å²) < 4.78 is 33.0. The van der Waals surface area contributed by atoms with Crippen LogP contribution in [0.1, 0.15) is 25.3 Å². The lowest BCUT2D eigenvalue weighted by atomic mass is 10.2. The fourth-order valence-electron chi connectivity index (χ4n) is 2.48. The number of hydrogen-bond donors (Lipinski definition) is 0. The van der Waals surface area contributed by atoms with Gasteiger partial charge in [-0.25, -0.2) is 0 Å². The standard InChI is InChI=1S/C16H24N2O4S/c1-13(15-9-10-15)17(2)23(20,21)18(12-16(19)22-3)11-14-7-5-4-6-8-14/h4-8,13,15H,9-12H2,1-3H3/t13-/m1/s1. The Bertz CT molecular complexity index is 629. The molecule has 0 spiro atoms. The van der Waals surface area contributed by atoms with E-state index >= 15 is 0 Å². The number of carbonyl (C=O) groups excluding carboxylic acids is 1. The van der Waals surface area contributed by atoms with Crippen molar-refractivity contribution in [1.82, 2.24) is 8.61 Å². The topological polar surface area (TPSA) is 66.9 Å². The van der Waals surface area contributed by atoms with Gasteiger partial charge >= 0.3 is 5.97 Å². The van der Waals surface area contributed by atoms with Gasteiger partial charge in [-0.2, -0.15) is 17.0 Å². The second-order valence-electron chi connectivity index (χ2n) is 5.93. The van der Waals surface area contributed by atoms with Gasteiger partial charge in [0.05, 0.1) is 7.11 Å². The molecule has 1 saturated carbocycles. The Hall–Kier alpha value is -1.44. The molecule has 0 saturated heterocycles. The van der Waals surface area contributed by atoms with Crippen LogP contribution in [0, 0.1) is 5.92 Å². The predicted molar refractivity (Wildman–Crippen MR) is 87.7 cm³/mol. The maximum absolute atomic E-state index is 12.9. The minimum absolute atomic E-state index is 0.0732. The molecular weight excluding hydrogens is 316 g/mol. The van der Waals surface area contributed by atoms with Gasteiger partial charge in [-0.05, 0) is 31.2 Å². The molecule has 0 radical (unpaired) electrons. The molecule has 1 aromatic carbocycles. The van der Waals surface area contributed by atoms with Crippen molar-refractivity contribution in [1.29, 1.82) is 0 Å².